The first kappa shape index (κ1) is 8.89. The molecule has 5 N–H and O–H groups in total. The van der Waals surface area contributed by atoms with Crippen molar-refractivity contribution in [3.63, 3.8) is 0 Å². The third-order valence-corrected chi connectivity index (χ3v) is 1.87. The highest BCUT2D eigenvalue weighted by molar-refractivity contribution is 4.90. The zero-order valence-electron chi connectivity index (χ0n) is 6.05. The molecule has 5 heteroatoms. The molecule has 0 aromatic heterocycles. The van der Waals surface area contributed by atoms with Crippen molar-refractivity contribution in [2.24, 2.45) is 5.73 Å². The van der Waals surface area contributed by atoms with Crippen molar-refractivity contribution >= 4 is 0 Å². The fourth-order valence-corrected chi connectivity index (χ4v) is 1.17. The Hall–Kier alpha value is -0.200. The minimum atomic E-state index is -1.02. The van der Waals surface area contributed by atoms with Crippen molar-refractivity contribution in [1.82, 2.24) is 0 Å². The molecule has 4 atom stereocenters. The number of ether oxygens (including phenoxy) is 1. The van der Waals surface area contributed by atoms with E-state index in [4.69, 9.17) is 20.7 Å². The molecular weight excluding hydrogens is 150 g/mol. The third-order valence-electron chi connectivity index (χ3n) is 1.87. The van der Waals surface area contributed by atoms with Crippen LogP contribution in [-0.2, 0) is 4.74 Å². The summed E-state index contributed by atoms with van der Waals surface area (Å²) >= 11 is 0. The van der Waals surface area contributed by atoms with Gasteiger partial charge in [-0.05, 0) is 0 Å². The van der Waals surface area contributed by atoms with Crippen LogP contribution in [0.3, 0.4) is 0 Å². The van der Waals surface area contributed by atoms with Crippen LogP contribution in [0.25, 0.3) is 0 Å². The minimum Gasteiger partial charge on any atom is -0.394 e. The summed E-state index contributed by atoms with van der Waals surface area (Å²) in [7, 11) is 0. The van der Waals surface area contributed by atoms with Crippen LogP contribution in [0.2, 0.25) is 0 Å². The lowest BCUT2D eigenvalue weighted by molar-refractivity contribution is -0.0193. The molecule has 1 aliphatic rings. The van der Waals surface area contributed by atoms with Crippen molar-refractivity contribution < 1.29 is 20.1 Å². The van der Waals surface area contributed by atoms with Crippen molar-refractivity contribution in [3.8, 4) is 0 Å². The van der Waals surface area contributed by atoms with Gasteiger partial charge in [0.15, 0.2) is 0 Å². The molecule has 11 heavy (non-hydrogen) atoms. The molecular formula is C6H13NO4. The summed E-state index contributed by atoms with van der Waals surface area (Å²) in [4.78, 5) is 0. The van der Waals surface area contributed by atoms with E-state index in [9.17, 15) is 5.11 Å². The highest BCUT2D eigenvalue weighted by Crippen LogP contribution is 2.19. The van der Waals surface area contributed by atoms with E-state index in [1.165, 1.54) is 0 Å². The molecule has 1 rings (SSSR count). The maximum absolute atomic E-state index is 9.19. The summed E-state index contributed by atoms with van der Waals surface area (Å²) in [6, 6.07) is 0. The number of aliphatic hydroxyl groups is 3. The lowest BCUT2D eigenvalue weighted by Gasteiger charge is -2.11. The third kappa shape index (κ3) is 1.52. The van der Waals surface area contributed by atoms with E-state index in [1.54, 1.807) is 0 Å². The fraction of sp³-hybridized carbons (Fsp3) is 1.00. The van der Waals surface area contributed by atoms with Gasteiger partial charge < -0.3 is 25.8 Å². The first-order chi connectivity index (χ1) is 5.20. The summed E-state index contributed by atoms with van der Waals surface area (Å²) in [5, 5.41) is 27.0. The zero-order valence-corrected chi connectivity index (χ0v) is 6.05. The van der Waals surface area contributed by atoms with E-state index in [2.05, 4.69) is 0 Å². The maximum Gasteiger partial charge on any atom is 0.111 e. The molecule has 0 aliphatic carbocycles. The molecule has 0 saturated carbocycles. The molecule has 5 nitrogen and oxygen atoms in total. The Bertz CT molecular complexity index is 114. The molecule has 1 saturated heterocycles. The van der Waals surface area contributed by atoms with Gasteiger partial charge in [-0.3, -0.25) is 0 Å². The van der Waals surface area contributed by atoms with E-state index in [-0.39, 0.29) is 13.2 Å². The molecule has 0 aromatic rings. The summed E-state index contributed by atoms with van der Waals surface area (Å²) in [6.45, 7) is -0.149. The fourth-order valence-electron chi connectivity index (χ4n) is 1.17. The molecule has 0 bridgehead atoms. The molecule has 0 amide bonds. The topological polar surface area (TPSA) is 95.9 Å². The van der Waals surface area contributed by atoms with E-state index in [0.717, 1.165) is 0 Å². The average molecular weight is 163 g/mol. The quantitative estimate of drug-likeness (QED) is 0.359. The van der Waals surface area contributed by atoms with Gasteiger partial charge in [-0.25, -0.2) is 0 Å². The van der Waals surface area contributed by atoms with E-state index >= 15 is 0 Å². The lowest BCUT2D eigenvalue weighted by atomic mass is 10.1. The van der Waals surface area contributed by atoms with Crippen molar-refractivity contribution in [3.05, 3.63) is 0 Å². The first-order valence-electron chi connectivity index (χ1n) is 3.53. The van der Waals surface area contributed by atoms with Crippen LogP contribution >= 0.6 is 0 Å². The highest BCUT2D eigenvalue weighted by Gasteiger charge is 2.41. The van der Waals surface area contributed by atoms with Crippen LogP contribution in [0.1, 0.15) is 0 Å². The standard InChI is InChI=1S/C6H13NO4/c7-1-3-5(9)6(10)4(2-8)11-3/h3-6,8-10H,1-2,7H2/t3-,4-,5+,6?/m0/s1. The molecule has 0 radical (unpaired) electrons. The monoisotopic (exact) mass is 163 g/mol. The Balaban J connectivity index is 2.53. The highest BCUT2D eigenvalue weighted by atomic mass is 16.6. The Morgan fingerprint density at radius 1 is 1.18 bits per heavy atom. The summed E-state index contributed by atoms with van der Waals surface area (Å²) < 4.78 is 5.01. The molecule has 0 aromatic carbocycles. The molecule has 1 heterocycles. The van der Waals surface area contributed by atoms with E-state index < -0.39 is 24.4 Å². The number of nitrogens with two attached hydrogens (primary N) is 1. The van der Waals surface area contributed by atoms with Crippen LogP contribution in [-0.4, -0.2) is 52.9 Å². The van der Waals surface area contributed by atoms with Gasteiger partial charge >= 0.3 is 0 Å². The van der Waals surface area contributed by atoms with Gasteiger partial charge in [0.25, 0.3) is 0 Å². The van der Waals surface area contributed by atoms with Gasteiger partial charge in [-0.2, -0.15) is 0 Å². The number of hydrogen-bond acceptors (Lipinski definition) is 5. The molecule has 66 valence electrons. The van der Waals surface area contributed by atoms with Crippen LogP contribution in [0, 0.1) is 0 Å². The largest absolute Gasteiger partial charge is 0.394 e. The first-order valence-corrected chi connectivity index (χ1v) is 3.53. The maximum atomic E-state index is 9.19. The van der Waals surface area contributed by atoms with Gasteiger partial charge in [-0.15, -0.1) is 0 Å². The summed E-state index contributed by atoms with van der Waals surface area (Å²) in [5.74, 6) is 0. The second kappa shape index (κ2) is 3.46. The van der Waals surface area contributed by atoms with Gasteiger partial charge in [0.2, 0.25) is 0 Å². The summed E-state index contributed by atoms with van der Waals surface area (Å²) in [5.41, 5.74) is 5.23. The zero-order chi connectivity index (χ0) is 8.43. The minimum absolute atomic E-state index is 0.148. The SMILES string of the molecule is NC[C@@H]1O[C@@H](CO)C(O)[C@@H]1O. The van der Waals surface area contributed by atoms with Crippen molar-refractivity contribution in [2.45, 2.75) is 24.4 Å². The van der Waals surface area contributed by atoms with Gasteiger partial charge in [0, 0.05) is 6.54 Å². The normalized spacial score (nSPS) is 44.7. The van der Waals surface area contributed by atoms with Gasteiger partial charge in [0.1, 0.15) is 18.3 Å². The van der Waals surface area contributed by atoms with E-state index in [1.807, 2.05) is 0 Å². The second-order valence-electron chi connectivity index (χ2n) is 2.61. The Kier molecular flexibility index (Phi) is 2.80. The summed E-state index contributed by atoms with van der Waals surface area (Å²) in [6.07, 6.45) is -3.24. The molecule has 1 unspecified atom stereocenters. The molecule has 1 fully saturated rings. The molecule has 0 spiro atoms. The van der Waals surface area contributed by atoms with Crippen LogP contribution in [0.5, 0.6) is 0 Å². The smallest absolute Gasteiger partial charge is 0.111 e. The van der Waals surface area contributed by atoms with Crippen molar-refractivity contribution in [2.75, 3.05) is 13.2 Å². The Morgan fingerprint density at radius 2 is 1.73 bits per heavy atom. The number of aliphatic hydroxyl groups excluding tert-OH is 3. The van der Waals surface area contributed by atoms with Gasteiger partial charge in [0.05, 0.1) is 12.7 Å². The Labute approximate surface area is 64.4 Å². The number of hydrogen-bond donors (Lipinski definition) is 4. The lowest BCUT2D eigenvalue weighted by Crippen LogP contribution is -2.36. The Morgan fingerprint density at radius 3 is 2.00 bits per heavy atom. The van der Waals surface area contributed by atoms with Crippen LogP contribution < -0.4 is 5.73 Å². The second-order valence-corrected chi connectivity index (χ2v) is 2.61. The van der Waals surface area contributed by atoms with Gasteiger partial charge in [-0.1, -0.05) is 0 Å². The predicted octanol–water partition coefficient (Wildman–Crippen LogP) is -2.57. The van der Waals surface area contributed by atoms with E-state index in [0.29, 0.717) is 0 Å². The number of rotatable bonds is 2. The van der Waals surface area contributed by atoms with Crippen LogP contribution in [0.15, 0.2) is 0 Å². The van der Waals surface area contributed by atoms with Crippen molar-refractivity contribution in [1.29, 1.82) is 0 Å². The van der Waals surface area contributed by atoms with Crippen LogP contribution in [0.4, 0.5) is 0 Å². The predicted molar refractivity (Wildman–Crippen MR) is 36.8 cm³/mol. The molecule has 1 aliphatic heterocycles. The average Bonchev–Trinajstić information content (AvgIpc) is 2.30.